The van der Waals surface area contributed by atoms with Crippen LogP contribution in [0.1, 0.15) is 23.6 Å². The van der Waals surface area contributed by atoms with Crippen molar-refractivity contribution in [3.63, 3.8) is 0 Å². The Labute approximate surface area is 118 Å². The molecule has 1 heterocycles. The van der Waals surface area contributed by atoms with Gasteiger partial charge in [-0.2, -0.15) is 0 Å². The fourth-order valence-electron chi connectivity index (χ4n) is 2.60. The normalized spacial score (nSPS) is 21.0. The van der Waals surface area contributed by atoms with Crippen LogP contribution in [-0.4, -0.2) is 37.9 Å². The van der Waals surface area contributed by atoms with E-state index in [9.17, 15) is 4.79 Å². The Kier molecular flexibility index (Phi) is 4.20. The molecular weight excluding hydrogens is 258 g/mol. The number of hydrogen-bond donors (Lipinski definition) is 0. The van der Waals surface area contributed by atoms with Gasteiger partial charge in [0.25, 0.3) is 0 Å². The van der Waals surface area contributed by atoms with Crippen molar-refractivity contribution in [1.29, 1.82) is 0 Å². The van der Waals surface area contributed by atoms with Gasteiger partial charge in [-0.1, -0.05) is 6.07 Å². The lowest BCUT2D eigenvalue weighted by Crippen LogP contribution is -2.42. The van der Waals surface area contributed by atoms with E-state index in [1.807, 2.05) is 13.0 Å². The highest BCUT2D eigenvalue weighted by molar-refractivity contribution is 5.91. The molecule has 1 aliphatic carbocycles. The maximum atomic E-state index is 11.8. The lowest BCUT2D eigenvalue weighted by Gasteiger charge is -2.38. The van der Waals surface area contributed by atoms with Crippen LogP contribution >= 0.6 is 0 Å². The van der Waals surface area contributed by atoms with Crippen LogP contribution in [0, 0.1) is 6.92 Å². The van der Waals surface area contributed by atoms with Crippen molar-refractivity contribution in [3.8, 4) is 5.88 Å². The van der Waals surface area contributed by atoms with Gasteiger partial charge in [-0.25, -0.2) is 4.98 Å². The number of aromatic nitrogens is 1. The molecular formula is C15H19NO4. The van der Waals surface area contributed by atoms with E-state index in [0.29, 0.717) is 12.3 Å². The number of aryl methyl sites for hydroxylation is 1. The van der Waals surface area contributed by atoms with Gasteiger partial charge < -0.3 is 14.2 Å². The summed E-state index contributed by atoms with van der Waals surface area (Å²) in [6, 6.07) is 3.69. The van der Waals surface area contributed by atoms with Crippen molar-refractivity contribution in [1.82, 2.24) is 4.98 Å². The summed E-state index contributed by atoms with van der Waals surface area (Å²) in [5, 5.41) is 0. The minimum atomic E-state index is -0.936. The van der Waals surface area contributed by atoms with Crippen molar-refractivity contribution in [2.75, 3.05) is 21.3 Å². The molecule has 20 heavy (non-hydrogen) atoms. The second kappa shape index (κ2) is 5.73. The van der Waals surface area contributed by atoms with Crippen LogP contribution in [0.25, 0.3) is 0 Å². The van der Waals surface area contributed by atoms with Gasteiger partial charge in [0.05, 0.1) is 13.0 Å². The molecule has 0 fully saturated rings. The van der Waals surface area contributed by atoms with Gasteiger partial charge in [0.2, 0.25) is 5.88 Å². The standard InChI is InChI=1S/C15H19NO4/c1-10-12(5-6-14(16-10)18-2)13-9-11(17)7-8-15(13,19-3)20-4/h5-8,13H,9H2,1-4H3. The molecule has 0 radical (unpaired) electrons. The third kappa shape index (κ3) is 2.46. The first kappa shape index (κ1) is 14.7. The Bertz CT molecular complexity index is 535. The zero-order valence-electron chi connectivity index (χ0n) is 12.2. The number of methoxy groups -OCH3 is 3. The number of allylic oxidation sites excluding steroid dienone is 1. The third-order valence-electron chi connectivity index (χ3n) is 3.72. The Hall–Kier alpha value is -1.72. The zero-order valence-corrected chi connectivity index (χ0v) is 12.2. The van der Waals surface area contributed by atoms with Crippen LogP contribution < -0.4 is 4.74 Å². The number of carbonyl (C=O) groups excluding carboxylic acids is 1. The van der Waals surface area contributed by atoms with Crippen molar-refractivity contribution < 1.29 is 19.0 Å². The summed E-state index contributed by atoms with van der Waals surface area (Å²) in [5.41, 5.74) is 1.73. The second-order valence-electron chi connectivity index (χ2n) is 4.71. The molecule has 1 atom stereocenters. The van der Waals surface area contributed by atoms with Crippen LogP contribution in [0.2, 0.25) is 0 Å². The van der Waals surface area contributed by atoms with Gasteiger partial charge >= 0.3 is 0 Å². The summed E-state index contributed by atoms with van der Waals surface area (Å²) in [6.45, 7) is 1.89. The molecule has 0 spiro atoms. The lowest BCUT2D eigenvalue weighted by molar-refractivity contribution is -0.190. The van der Waals surface area contributed by atoms with E-state index in [2.05, 4.69) is 4.98 Å². The van der Waals surface area contributed by atoms with E-state index < -0.39 is 5.79 Å². The average Bonchev–Trinajstić information content (AvgIpc) is 2.47. The molecule has 108 valence electrons. The fourth-order valence-corrected chi connectivity index (χ4v) is 2.60. The largest absolute Gasteiger partial charge is 0.481 e. The molecule has 0 aromatic carbocycles. The van der Waals surface area contributed by atoms with Gasteiger partial charge in [-0.3, -0.25) is 4.79 Å². The van der Waals surface area contributed by atoms with Crippen molar-refractivity contribution >= 4 is 5.78 Å². The number of ketones is 1. The van der Waals surface area contributed by atoms with Crippen LogP contribution in [0.15, 0.2) is 24.3 Å². The van der Waals surface area contributed by atoms with Gasteiger partial charge in [0, 0.05) is 32.4 Å². The minimum absolute atomic E-state index is 0.0509. The molecule has 0 amide bonds. The Morgan fingerprint density at radius 2 is 1.95 bits per heavy atom. The molecule has 0 aliphatic heterocycles. The fraction of sp³-hybridized carbons (Fsp3) is 0.467. The SMILES string of the molecule is COc1ccc(C2CC(=O)C=CC2(OC)OC)c(C)n1. The summed E-state index contributed by atoms with van der Waals surface area (Å²) >= 11 is 0. The van der Waals surface area contributed by atoms with Crippen molar-refractivity contribution in [2.45, 2.75) is 25.0 Å². The molecule has 0 N–H and O–H groups in total. The Morgan fingerprint density at radius 3 is 2.50 bits per heavy atom. The highest BCUT2D eigenvalue weighted by Crippen LogP contribution is 2.40. The molecule has 2 rings (SSSR count). The molecule has 1 unspecified atom stereocenters. The monoisotopic (exact) mass is 277 g/mol. The smallest absolute Gasteiger partial charge is 0.213 e. The number of carbonyl (C=O) groups is 1. The van der Waals surface area contributed by atoms with E-state index in [4.69, 9.17) is 14.2 Å². The molecule has 1 aromatic heterocycles. The van der Waals surface area contributed by atoms with Gasteiger partial charge in [-0.15, -0.1) is 0 Å². The quantitative estimate of drug-likeness (QED) is 0.788. The predicted octanol–water partition coefficient (Wildman–Crippen LogP) is 2.00. The van der Waals surface area contributed by atoms with E-state index in [0.717, 1.165) is 11.3 Å². The summed E-state index contributed by atoms with van der Waals surface area (Å²) < 4.78 is 16.2. The molecule has 0 bridgehead atoms. The van der Waals surface area contributed by atoms with Crippen LogP contribution in [0.5, 0.6) is 5.88 Å². The predicted molar refractivity (Wildman–Crippen MR) is 73.8 cm³/mol. The Balaban J connectivity index is 2.48. The number of hydrogen-bond acceptors (Lipinski definition) is 5. The van der Waals surface area contributed by atoms with E-state index in [1.54, 1.807) is 33.5 Å². The summed E-state index contributed by atoms with van der Waals surface area (Å²) in [4.78, 5) is 16.1. The van der Waals surface area contributed by atoms with E-state index in [-0.39, 0.29) is 11.7 Å². The maximum Gasteiger partial charge on any atom is 0.213 e. The lowest BCUT2D eigenvalue weighted by atomic mass is 9.81. The summed E-state index contributed by atoms with van der Waals surface area (Å²) in [5.74, 6) is -0.567. The van der Waals surface area contributed by atoms with E-state index in [1.165, 1.54) is 6.08 Å². The zero-order chi connectivity index (χ0) is 14.8. The third-order valence-corrected chi connectivity index (χ3v) is 3.72. The van der Waals surface area contributed by atoms with Crippen LogP contribution in [0.4, 0.5) is 0 Å². The molecule has 0 saturated carbocycles. The average molecular weight is 277 g/mol. The van der Waals surface area contributed by atoms with Gasteiger partial charge in [-0.05, 0) is 24.6 Å². The van der Waals surface area contributed by atoms with Gasteiger partial charge in [0.1, 0.15) is 0 Å². The second-order valence-corrected chi connectivity index (χ2v) is 4.71. The molecule has 5 nitrogen and oxygen atoms in total. The maximum absolute atomic E-state index is 11.8. The highest BCUT2D eigenvalue weighted by Gasteiger charge is 2.42. The van der Waals surface area contributed by atoms with Crippen molar-refractivity contribution in [3.05, 3.63) is 35.5 Å². The first-order valence-electron chi connectivity index (χ1n) is 6.40. The number of nitrogens with zero attached hydrogens (tertiary/aromatic N) is 1. The van der Waals surface area contributed by atoms with Crippen LogP contribution in [0.3, 0.4) is 0 Å². The Morgan fingerprint density at radius 1 is 1.25 bits per heavy atom. The molecule has 1 aromatic rings. The molecule has 5 heteroatoms. The number of ether oxygens (including phenoxy) is 3. The molecule has 1 aliphatic rings. The summed E-state index contributed by atoms with van der Waals surface area (Å²) in [7, 11) is 4.72. The highest BCUT2D eigenvalue weighted by atomic mass is 16.7. The minimum Gasteiger partial charge on any atom is -0.481 e. The first-order valence-corrected chi connectivity index (χ1v) is 6.40. The van der Waals surface area contributed by atoms with Crippen molar-refractivity contribution in [2.24, 2.45) is 0 Å². The summed E-state index contributed by atoms with van der Waals surface area (Å²) in [6.07, 6.45) is 3.51. The number of rotatable bonds is 4. The molecule has 0 saturated heterocycles. The first-order chi connectivity index (χ1) is 9.56. The van der Waals surface area contributed by atoms with Crippen LogP contribution in [-0.2, 0) is 14.3 Å². The van der Waals surface area contributed by atoms with Gasteiger partial charge in [0.15, 0.2) is 11.6 Å². The topological polar surface area (TPSA) is 57.7 Å². The van der Waals surface area contributed by atoms with E-state index >= 15 is 0 Å². The number of pyridine rings is 1.